The van der Waals surface area contributed by atoms with Gasteiger partial charge in [0.25, 0.3) is 0 Å². The molecule has 4 atom stereocenters. The molecule has 7 nitrogen and oxygen atoms in total. The number of rotatable bonds is 7. The van der Waals surface area contributed by atoms with Crippen molar-refractivity contribution in [3.05, 3.63) is 35.9 Å². The SMILES string of the molecule is O=C(NCCCN1CCCC1)C1CCC2C(C1)N(Cc1ccccc1)C(=O)C1CCNN12. The van der Waals surface area contributed by atoms with Gasteiger partial charge in [0.1, 0.15) is 6.04 Å². The third-order valence-corrected chi connectivity index (χ3v) is 7.87. The van der Waals surface area contributed by atoms with E-state index < -0.39 is 0 Å². The second kappa shape index (κ2) is 9.89. The molecule has 2 amide bonds. The molecule has 1 aromatic carbocycles. The number of hydrogen-bond acceptors (Lipinski definition) is 5. The van der Waals surface area contributed by atoms with Crippen LogP contribution in [0.4, 0.5) is 0 Å². The fourth-order valence-corrected chi connectivity index (χ4v) is 6.19. The number of hydrogen-bond donors (Lipinski definition) is 2. The van der Waals surface area contributed by atoms with E-state index in [-0.39, 0.29) is 29.8 Å². The summed E-state index contributed by atoms with van der Waals surface area (Å²) in [6.45, 7) is 5.74. The van der Waals surface area contributed by atoms with Crippen molar-refractivity contribution in [2.45, 2.75) is 69.6 Å². The van der Waals surface area contributed by atoms with Crippen LogP contribution in [0.15, 0.2) is 30.3 Å². The Labute approximate surface area is 191 Å². The summed E-state index contributed by atoms with van der Waals surface area (Å²) in [6, 6.07) is 10.6. The van der Waals surface area contributed by atoms with E-state index in [1.807, 2.05) is 18.2 Å². The van der Waals surface area contributed by atoms with E-state index in [4.69, 9.17) is 0 Å². The molecule has 0 radical (unpaired) electrons. The topological polar surface area (TPSA) is 67.9 Å². The van der Waals surface area contributed by atoms with Gasteiger partial charge in [-0.25, -0.2) is 5.01 Å². The molecular weight excluding hydrogens is 402 g/mol. The second-order valence-electron chi connectivity index (χ2n) is 9.91. The van der Waals surface area contributed by atoms with Gasteiger partial charge in [-0.05, 0) is 70.1 Å². The standard InChI is InChI=1S/C25H37N5O2/c31-24(26-12-6-16-28-14-4-5-15-28)20-9-10-21-23(17-20)29(18-19-7-2-1-3-8-19)25(32)22-11-13-27-30(21)22/h1-3,7-8,20-23,27H,4-6,9-18H2,(H,26,31). The first kappa shape index (κ1) is 21.9. The van der Waals surface area contributed by atoms with Crippen molar-refractivity contribution >= 4 is 11.8 Å². The molecule has 2 N–H and O–H groups in total. The molecule has 3 saturated heterocycles. The van der Waals surface area contributed by atoms with Crippen LogP contribution >= 0.6 is 0 Å². The van der Waals surface area contributed by atoms with Crippen molar-refractivity contribution in [1.29, 1.82) is 0 Å². The normalized spacial score (nSPS) is 30.9. The summed E-state index contributed by atoms with van der Waals surface area (Å²) in [7, 11) is 0. The molecule has 7 heteroatoms. The molecule has 1 saturated carbocycles. The molecule has 3 aliphatic heterocycles. The first-order valence-corrected chi connectivity index (χ1v) is 12.6. The third kappa shape index (κ3) is 4.56. The highest BCUT2D eigenvalue weighted by atomic mass is 16.2. The van der Waals surface area contributed by atoms with E-state index in [1.54, 1.807) is 0 Å². The van der Waals surface area contributed by atoms with E-state index in [9.17, 15) is 9.59 Å². The van der Waals surface area contributed by atoms with Gasteiger partial charge in [0.2, 0.25) is 11.8 Å². The summed E-state index contributed by atoms with van der Waals surface area (Å²) in [5.41, 5.74) is 4.63. The summed E-state index contributed by atoms with van der Waals surface area (Å²) in [5, 5.41) is 5.42. The van der Waals surface area contributed by atoms with Gasteiger partial charge in [0.15, 0.2) is 0 Å². The summed E-state index contributed by atoms with van der Waals surface area (Å²) >= 11 is 0. The van der Waals surface area contributed by atoms with E-state index in [2.05, 4.69) is 37.7 Å². The maximum absolute atomic E-state index is 13.4. The number of amides is 2. The quantitative estimate of drug-likeness (QED) is 0.634. The van der Waals surface area contributed by atoms with E-state index in [1.165, 1.54) is 25.9 Å². The highest BCUT2D eigenvalue weighted by molar-refractivity contribution is 5.84. The molecule has 4 unspecified atom stereocenters. The Kier molecular flexibility index (Phi) is 6.76. The number of fused-ring (bicyclic) bond motifs is 3. The predicted octanol–water partition coefficient (Wildman–Crippen LogP) is 1.75. The Balaban J connectivity index is 1.22. The lowest BCUT2D eigenvalue weighted by atomic mass is 9.78. The molecule has 4 aliphatic rings. The Bertz CT molecular complexity index is 797. The van der Waals surface area contributed by atoms with Gasteiger partial charge in [0, 0.05) is 37.6 Å². The molecule has 1 aromatic rings. The van der Waals surface area contributed by atoms with Gasteiger partial charge in [-0.1, -0.05) is 30.3 Å². The van der Waals surface area contributed by atoms with Crippen LogP contribution in [0.25, 0.3) is 0 Å². The average molecular weight is 440 g/mol. The summed E-state index contributed by atoms with van der Waals surface area (Å²) < 4.78 is 0. The van der Waals surface area contributed by atoms with Crippen molar-refractivity contribution in [2.24, 2.45) is 5.92 Å². The number of hydrazine groups is 1. The minimum absolute atomic E-state index is 0.00624. The maximum atomic E-state index is 13.4. The highest BCUT2D eigenvalue weighted by Crippen LogP contribution is 2.38. The summed E-state index contributed by atoms with van der Waals surface area (Å²) in [4.78, 5) is 31.0. The first-order chi connectivity index (χ1) is 15.7. The molecule has 0 spiro atoms. The minimum atomic E-state index is -0.0593. The van der Waals surface area contributed by atoms with Crippen molar-refractivity contribution in [3.63, 3.8) is 0 Å². The van der Waals surface area contributed by atoms with Crippen LogP contribution in [0.5, 0.6) is 0 Å². The monoisotopic (exact) mass is 439 g/mol. The number of carbonyl (C=O) groups excluding carboxylic acids is 2. The van der Waals surface area contributed by atoms with Crippen LogP contribution in [-0.4, -0.2) is 77.5 Å². The van der Waals surface area contributed by atoms with E-state index in [0.29, 0.717) is 12.6 Å². The zero-order chi connectivity index (χ0) is 21.9. The predicted molar refractivity (Wildman–Crippen MR) is 123 cm³/mol. The van der Waals surface area contributed by atoms with Crippen LogP contribution in [0, 0.1) is 5.92 Å². The maximum Gasteiger partial charge on any atom is 0.242 e. The molecule has 0 bridgehead atoms. The number of benzene rings is 1. The van der Waals surface area contributed by atoms with E-state index >= 15 is 0 Å². The van der Waals surface area contributed by atoms with Crippen molar-refractivity contribution in [3.8, 4) is 0 Å². The van der Waals surface area contributed by atoms with Crippen molar-refractivity contribution in [1.82, 2.24) is 25.6 Å². The Morgan fingerprint density at radius 2 is 1.88 bits per heavy atom. The Morgan fingerprint density at radius 3 is 2.69 bits per heavy atom. The Morgan fingerprint density at radius 1 is 1.06 bits per heavy atom. The fourth-order valence-electron chi connectivity index (χ4n) is 6.19. The van der Waals surface area contributed by atoms with Crippen LogP contribution < -0.4 is 10.7 Å². The molecular formula is C25H37N5O2. The lowest BCUT2D eigenvalue weighted by molar-refractivity contribution is -0.157. The van der Waals surface area contributed by atoms with Crippen LogP contribution in [-0.2, 0) is 16.1 Å². The number of likely N-dealkylation sites (tertiary alicyclic amines) is 1. The third-order valence-electron chi connectivity index (χ3n) is 7.87. The minimum Gasteiger partial charge on any atom is -0.356 e. The zero-order valence-corrected chi connectivity index (χ0v) is 19.0. The lowest BCUT2D eigenvalue weighted by Crippen LogP contribution is -2.68. The number of nitrogens with zero attached hydrogens (tertiary/aromatic N) is 3. The molecule has 0 aromatic heterocycles. The number of piperazine rings is 1. The van der Waals surface area contributed by atoms with Gasteiger partial charge in [0.05, 0.1) is 0 Å². The Hall–Kier alpha value is -1.96. The van der Waals surface area contributed by atoms with Crippen molar-refractivity contribution < 1.29 is 9.59 Å². The zero-order valence-electron chi connectivity index (χ0n) is 19.0. The molecule has 1 aliphatic carbocycles. The first-order valence-electron chi connectivity index (χ1n) is 12.6. The average Bonchev–Trinajstić information content (AvgIpc) is 3.52. The molecule has 32 heavy (non-hydrogen) atoms. The molecule has 3 heterocycles. The van der Waals surface area contributed by atoms with Crippen LogP contribution in [0.3, 0.4) is 0 Å². The van der Waals surface area contributed by atoms with Gasteiger partial charge >= 0.3 is 0 Å². The largest absolute Gasteiger partial charge is 0.356 e. The number of nitrogens with one attached hydrogen (secondary N) is 2. The molecule has 174 valence electrons. The fraction of sp³-hybridized carbons (Fsp3) is 0.680. The van der Waals surface area contributed by atoms with Gasteiger partial charge < -0.3 is 15.1 Å². The lowest BCUT2D eigenvalue weighted by Gasteiger charge is -2.51. The second-order valence-corrected chi connectivity index (χ2v) is 9.91. The van der Waals surface area contributed by atoms with Gasteiger partial charge in [-0.3, -0.25) is 15.0 Å². The molecule has 4 fully saturated rings. The van der Waals surface area contributed by atoms with Gasteiger partial charge in [-0.2, -0.15) is 0 Å². The molecule has 5 rings (SSSR count). The van der Waals surface area contributed by atoms with Gasteiger partial charge in [-0.15, -0.1) is 0 Å². The van der Waals surface area contributed by atoms with E-state index in [0.717, 1.165) is 57.3 Å². The van der Waals surface area contributed by atoms with Crippen LogP contribution in [0.2, 0.25) is 0 Å². The summed E-state index contributed by atoms with van der Waals surface area (Å²) in [6.07, 6.45) is 7.11. The highest BCUT2D eigenvalue weighted by Gasteiger charge is 2.51. The number of carbonyl (C=O) groups is 2. The smallest absolute Gasteiger partial charge is 0.242 e. The van der Waals surface area contributed by atoms with Crippen molar-refractivity contribution in [2.75, 3.05) is 32.7 Å². The van der Waals surface area contributed by atoms with Crippen LogP contribution in [0.1, 0.15) is 50.5 Å². The summed E-state index contributed by atoms with van der Waals surface area (Å²) in [5.74, 6) is 0.383.